The Bertz CT molecular complexity index is 1620. The number of hydrogen-bond donors (Lipinski definition) is 2. The number of hydrogen-bond acceptors (Lipinski definition) is 10. The van der Waals surface area contributed by atoms with E-state index >= 15 is 0 Å². The maximum absolute atomic E-state index is 13.8. The molecule has 1 saturated carbocycles. The van der Waals surface area contributed by atoms with Crippen LogP contribution in [0.1, 0.15) is 74.8 Å². The first-order chi connectivity index (χ1) is 24.6. The summed E-state index contributed by atoms with van der Waals surface area (Å²) in [5.74, 6) is -1.81. The Hall–Kier alpha value is -4.95. The second-order valence-electron chi connectivity index (χ2n) is 13.1. The normalized spacial score (nSPS) is 18.1. The van der Waals surface area contributed by atoms with Gasteiger partial charge in [0, 0.05) is 56.6 Å². The van der Waals surface area contributed by atoms with E-state index in [1.807, 2.05) is 13.0 Å². The summed E-state index contributed by atoms with van der Waals surface area (Å²) in [7, 11) is 0. The molecular formula is C36H48N6O9. The van der Waals surface area contributed by atoms with Crippen LogP contribution < -0.4 is 15.4 Å². The van der Waals surface area contributed by atoms with Gasteiger partial charge in [0.05, 0.1) is 18.7 Å². The van der Waals surface area contributed by atoms with E-state index in [2.05, 4.69) is 15.6 Å². The predicted molar refractivity (Wildman–Crippen MR) is 185 cm³/mol. The van der Waals surface area contributed by atoms with Crippen LogP contribution in [0.5, 0.6) is 5.75 Å². The number of benzene rings is 1. The third-order valence-corrected chi connectivity index (χ3v) is 9.50. The molecule has 2 unspecified atom stereocenters. The summed E-state index contributed by atoms with van der Waals surface area (Å²) in [6.07, 6.45) is 3.72. The molecule has 0 bridgehead atoms. The van der Waals surface area contributed by atoms with Gasteiger partial charge < -0.3 is 39.5 Å². The van der Waals surface area contributed by atoms with Crippen LogP contribution in [-0.2, 0) is 28.7 Å². The van der Waals surface area contributed by atoms with Crippen molar-refractivity contribution in [2.45, 2.75) is 83.8 Å². The molecule has 276 valence electrons. The molecule has 15 nitrogen and oxygen atoms in total. The minimum absolute atomic E-state index is 0.0165. The van der Waals surface area contributed by atoms with Crippen LogP contribution in [0.4, 0.5) is 4.79 Å². The van der Waals surface area contributed by atoms with Crippen LogP contribution >= 0.6 is 0 Å². The number of nitrogens with zero attached hydrogens (tertiary/aromatic N) is 4. The molecule has 5 rings (SSSR count). The highest BCUT2D eigenvalue weighted by atomic mass is 16.6. The van der Waals surface area contributed by atoms with E-state index in [1.54, 1.807) is 35.8 Å². The summed E-state index contributed by atoms with van der Waals surface area (Å²) in [6.45, 7) is 6.78. The predicted octanol–water partition coefficient (Wildman–Crippen LogP) is 2.32. The number of carbonyl (C=O) groups is 6. The lowest BCUT2D eigenvalue weighted by molar-refractivity contribution is -0.143. The molecule has 2 aromatic rings. The number of fused-ring (bicyclic) bond motifs is 1. The van der Waals surface area contributed by atoms with Gasteiger partial charge in [-0.3, -0.25) is 24.0 Å². The van der Waals surface area contributed by atoms with Crippen molar-refractivity contribution < 1.29 is 43.0 Å². The fourth-order valence-electron chi connectivity index (χ4n) is 6.48. The van der Waals surface area contributed by atoms with Gasteiger partial charge in [0.15, 0.2) is 6.61 Å². The summed E-state index contributed by atoms with van der Waals surface area (Å²) in [5.41, 5.74) is 1.29. The van der Waals surface area contributed by atoms with Crippen LogP contribution in [0.25, 0.3) is 10.9 Å². The van der Waals surface area contributed by atoms with Crippen molar-refractivity contribution in [1.29, 1.82) is 0 Å². The Morgan fingerprint density at radius 2 is 1.63 bits per heavy atom. The number of esters is 1. The zero-order valence-corrected chi connectivity index (χ0v) is 29.6. The number of aryl methyl sites for hydroxylation is 1. The van der Waals surface area contributed by atoms with Crippen molar-refractivity contribution in [2.24, 2.45) is 0 Å². The molecule has 0 radical (unpaired) electrons. The zero-order chi connectivity index (χ0) is 36.5. The van der Waals surface area contributed by atoms with E-state index < -0.39 is 36.0 Å². The van der Waals surface area contributed by atoms with E-state index in [1.165, 1.54) is 11.0 Å². The Balaban J connectivity index is 1.30. The van der Waals surface area contributed by atoms with E-state index in [-0.39, 0.29) is 88.1 Å². The molecule has 2 aliphatic heterocycles. The average Bonchev–Trinajstić information content (AvgIpc) is 3.60. The standard InChI is InChI=1S/C36H48N6O9/c1-4-49-32(44)14-13-26(35(47)40-16-18-41(19-17-40)36(48)50-5-2)39-33(45)28-21-30(25-12-11-23(3)20-27(25)38-28)51-22-31(43)42-15-7-10-29(42)34(46)37-24-8-6-9-24/h11-12,20-21,24,26,29H,4-10,13-19,22H2,1-3H3,(H,37,46)(H,39,45). The summed E-state index contributed by atoms with van der Waals surface area (Å²) in [4.78, 5) is 87.4. The third kappa shape index (κ3) is 9.44. The van der Waals surface area contributed by atoms with Gasteiger partial charge in [0.1, 0.15) is 23.5 Å². The molecule has 2 N–H and O–H groups in total. The Morgan fingerprint density at radius 1 is 0.902 bits per heavy atom. The number of rotatable bonds is 13. The Labute approximate surface area is 297 Å². The zero-order valence-electron chi connectivity index (χ0n) is 29.6. The molecule has 3 aliphatic rings. The van der Waals surface area contributed by atoms with Gasteiger partial charge in [0.2, 0.25) is 11.8 Å². The van der Waals surface area contributed by atoms with E-state index in [0.717, 1.165) is 24.8 Å². The van der Waals surface area contributed by atoms with Crippen LogP contribution in [0, 0.1) is 6.92 Å². The van der Waals surface area contributed by atoms with Gasteiger partial charge in [-0.2, -0.15) is 0 Å². The molecule has 1 aromatic carbocycles. The van der Waals surface area contributed by atoms with Gasteiger partial charge in [0.25, 0.3) is 11.8 Å². The number of nitrogens with one attached hydrogen (secondary N) is 2. The quantitative estimate of drug-likeness (QED) is 0.294. The fourth-order valence-corrected chi connectivity index (χ4v) is 6.48. The molecule has 2 saturated heterocycles. The molecule has 15 heteroatoms. The van der Waals surface area contributed by atoms with Crippen LogP contribution in [0.2, 0.25) is 0 Å². The third-order valence-electron chi connectivity index (χ3n) is 9.50. The topological polar surface area (TPSA) is 177 Å². The summed E-state index contributed by atoms with van der Waals surface area (Å²) < 4.78 is 16.2. The van der Waals surface area contributed by atoms with Gasteiger partial charge in [-0.15, -0.1) is 0 Å². The molecule has 0 spiro atoms. The molecule has 3 fully saturated rings. The number of piperazine rings is 1. The van der Waals surface area contributed by atoms with Crippen molar-refractivity contribution in [3.05, 3.63) is 35.5 Å². The first-order valence-corrected chi connectivity index (χ1v) is 17.9. The molecule has 3 heterocycles. The van der Waals surface area contributed by atoms with Crippen molar-refractivity contribution in [3.63, 3.8) is 0 Å². The lowest BCUT2D eigenvalue weighted by Crippen LogP contribution is -2.56. The number of pyridine rings is 1. The lowest BCUT2D eigenvalue weighted by Gasteiger charge is -2.36. The first-order valence-electron chi connectivity index (χ1n) is 17.9. The van der Waals surface area contributed by atoms with Crippen LogP contribution in [-0.4, -0.2) is 126 Å². The monoisotopic (exact) mass is 708 g/mol. The molecule has 2 atom stereocenters. The highest BCUT2D eigenvalue weighted by Gasteiger charge is 2.36. The highest BCUT2D eigenvalue weighted by molar-refractivity contribution is 5.99. The molecule has 1 aliphatic carbocycles. The summed E-state index contributed by atoms with van der Waals surface area (Å²) >= 11 is 0. The number of carbonyl (C=O) groups excluding carboxylic acids is 6. The highest BCUT2D eigenvalue weighted by Crippen LogP contribution is 2.28. The largest absolute Gasteiger partial charge is 0.483 e. The smallest absolute Gasteiger partial charge is 0.409 e. The molecule has 5 amide bonds. The first kappa shape index (κ1) is 37.3. The van der Waals surface area contributed by atoms with Gasteiger partial charge in [-0.1, -0.05) is 6.07 Å². The Morgan fingerprint density at radius 3 is 2.31 bits per heavy atom. The van der Waals surface area contributed by atoms with Crippen LogP contribution in [0.3, 0.4) is 0 Å². The number of amides is 5. The van der Waals surface area contributed by atoms with Gasteiger partial charge >= 0.3 is 12.1 Å². The second kappa shape index (κ2) is 17.3. The SMILES string of the molecule is CCOC(=O)CCC(NC(=O)c1cc(OCC(=O)N2CCCC2C(=O)NC2CCC2)c2ccc(C)cc2n1)C(=O)N1CCN(C(=O)OCC)CC1. The number of likely N-dealkylation sites (tertiary alicyclic amines) is 1. The van der Waals surface area contributed by atoms with E-state index in [9.17, 15) is 28.8 Å². The van der Waals surface area contributed by atoms with Crippen molar-refractivity contribution in [2.75, 3.05) is 52.5 Å². The van der Waals surface area contributed by atoms with Crippen molar-refractivity contribution >= 4 is 46.6 Å². The van der Waals surface area contributed by atoms with E-state index in [4.69, 9.17) is 14.2 Å². The summed E-state index contributed by atoms with van der Waals surface area (Å²) in [6, 6.07) is 5.41. The van der Waals surface area contributed by atoms with Crippen molar-refractivity contribution in [1.82, 2.24) is 30.3 Å². The van der Waals surface area contributed by atoms with Gasteiger partial charge in [-0.25, -0.2) is 9.78 Å². The van der Waals surface area contributed by atoms with Gasteiger partial charge in [-0.05, 0) is 77.0 Å². The lowest BCUT2D eigenvalue weighted by atomic mass is 9.93. The second-order valence-corrected chi connectivity index (χ2v) is 13.1. The average molecular weight is 709 g/mol. The van der Waals surface area contributed by atoms with Crippen LogP contribution in [0.15, 0.2) is 24.3 Å². The summed E-state index contributed by atoms with van der Waals surface area (Å²) in [5, 5.41) is 6.39. The Kier molecular flexibility index (Phi) is 12.7. The molecule has 51 heavy (non-hydrogen) atoms. The number of ether oxygens (including phenoxy) is 3. The maximum Gasteiger partial charge on any atom is 0.409 e. The molecular weight excluding hydrogens is 660 g/mol. The minimum Gasteiger partial charge on any atom is -0.483 e. The minimum atomic E-state index is -1.09. The fraction of sp³-hybridized carbons (Fsp3) is 0.583. The maximum atomic E-state index is 13.8. The van der Waals surface area contributed by atoms with E-state index in [0.29, 0.717) is 30.3 Å². The molecule has 1 aromatic heterocycles. The number of aromatic nitrogens is 1. The van der Waals surface area contributed by atoms with Crippen molar-refractivity contribution in [3.8, 4) is 5.75 Å².